The summed E-state index contributed by atoms with van der Waals surface area (Å²) in [5.41, 5.74) is 2.26. The van der Waals surface area contributed by atoms with E-state index >= 15 is 0 Å². The third kappa shape index (κ3) is 2.82. The Morgan fingerprint density at radius 1 is 1.42 bits per heavy atom. The van der Waals surface area contributed by atoms with Crippen LogP contribution < -0.4 is 5.32 Å². The Balaban J connectivity index is 2.05. The molecule has 0 saturated heterocycles. The number of nitrogens with one attached hydrogen (secondary N) is 3. The second-order valence-corrected chi connectivity index (χ2v) is 6.28. The molecule has 0 radical (unpaired) electrons. The molecule has 0 spiro atoms. The molecule has 1 aliphatic heterocycles. The lowest BCUT2D eigenvalue weighted by atomic mass is 9.99. The number of amidine groups is 1. The van der Waals surface area contributed by atoms with Gasteiger partial charge in [-0.3, -0.25) is 5.41 Å². The largest absolute Gasteiger partial charge is 0.505 e. The zero-order valence-corrected chi connectivity index (χ0v) is 13.6. The van der Waals surface area contributed by atoms with Crippen molar-refractivity contribution in [2.45, 2.75) is 26.3 Å². The van der Waals surface area contributed by atoms with Crippen molar-refractivity contribution in [3.63, 3.8) is 0 Å². The first kappa shape index (κ1) is 16.0. The van der Waals surface area contributed by atoms with Gasteiger partial charge in [-0.15, -0.1) is 0 Å². The Bertz CT molecular complexity index is 861. The van der Waals surface area contributed by atoms with Crippen LogP contribution in [0.3, 0.4) is 0 Å². The summed E-state index contributed by atoms with van der Waals surface area (Å²) in [4.78, 5) is 18.7. The highest BCUT2D eigenvalue weighted by Crippen LogP contribution is 2.26. The molecule has 4 N–H and O–H groups in total. The predicted octanol–water partition coefficient (Wildman–Crippen LogP) is 3.03. The van der Waals surface area contributed by atoms with Crippen LogP contribution in [0.15, 0.2) is 41.2 Å². The number of aromatic amines is 1. The van der Waals surface area contributed by atoms with E-state index in [9.17, 15) is 9.90 Å². The average Bonchev–Trinajstić information content (AvgIpc) is 2.98. The number of aliphatic hydroxyl groups is 1. The summed E-state index contributed by atoms with van der Waals surface area (Å²) in [6.45, 7) is 4.06. The molecule has 24 heavy (non-hydrogen) atoms. The first-order valence-corrected chi connectivity index (χ1v) is 7.89. The number of aromatic nitrogens is 1. The third-order valence-electron chi connectivity index (χ3n) is 3.99. The molecule has 1 aliphatic rings. The van der Waals surface area contributed by atoms with E-state index in [1.54, 1.807) is 6.20 Å². The maximum Gasteiger partial charge on any atom is 0.172 e. The van der Waals surface area contributed by atoms with E-state index in [0.717, 1.165) is 17.2 Å². The van der Waals surface area contributed by atoms with Crippen LogP contribution >= 0.6 is 0 Å². The Hall–Kier alpha value is -2.89. The minimum atomic E-state index is -0.621. The van der Waals surface area contributed by atoms with E-state index in [1.165, 1.54) is 0 Å². The van der Waals surface area contributed by atoms with Gasteiger partial charge in [0.2, 0.25) is 0 Å². The highest BCUT2D eigenvalue weighted by atomic mass is 16.3. The number of H-pyrrole nitrogens is 1. The van der Waals surface area contributed by atoms with Crippen LogP contribution in [0.1, 0.15) is 25.8 Å². The number of hydrogen-bond donors (Lipinski definition) is 4. The molecule has 2 heterocycles. The lowest BCUT2D eigenvalue weighted by Gasteiger charge is -2.25. The highest BCUT2D eigenvalue weighted by Gasteiger charge is 2.27. The fraction of sp³-hybridized carbons (Fsp3) is 0.278. The van der Waals surface area contributed by atoms with Gasteiger partial charge in [-0.05, 0) is 18.4 Å². The van der Waals surface area contributed by atoms with E-state index in [1.807, 2.05) is 38.1 Å². The van der Waals surface area contributed by atoms with Gasteiger partial charge in [0.1, 0.15) is 18.0 Å². The number of carbonyl (C=O) groups is 1. The lowest BCUT2D eigenvalue weighted by molar-refractivity contribution is -0.108. The van der Waals surface area contributed by atoms with Crippen LogP contribution in [0.5, 0.6) is 0 Å². The Kier molecular flexibility index (Phi) is 4.20. The van der Waals surface area contributed by atoms with Gasteiger partial charge in [0, 0.05) is 22.7 Å². The molecule has 6 nitrogen and oxygen atoms in total. The number of rotatable bonds is 4. The number of hydrogen-bond acceptors (Lipinski definition) is 4. The van der Waals surface area contributed by atoms with Crippen molar-refractivity contribution in [3.05, 3.63) is 41.7 Å². The second kappa shape index (κ2) is 6.31. The monoisotopic (exact) mass is 324 g/mol. The van der Waals surface area contributed by atoms with Gasteiger partial charge < -0.3 is 20.2 Å². The zero-order chi connectivity index (χ0) is 17.3. The minimum absolute atomic E-state index is 0.0634. The van der Waals surface area contributed by atoms with E-state index in [2.05, 4.69) is 15.3 Å². The summed E-state index contributed by atoms with van der Waals surface area (Å²) in [5.74, 6) is 0.178. The molecule has 6 heteroatoms. The summed E-state index contributed by atoms with van der Waals surface area (Å²) >= 11 is 0. The van der Waals surface area contributed by atoms with Crippen LogP contribution in [-0.2, 0) is 4.79 Å². The molecular formula is C18H20N4O2. The van der Waals surface area contributed by atoms with Gasteiger partial charge >= 0.3 is 0 Å². The van der Waals surface area contributed by atoms with Crippen LogP contribution in [0.25, 0.3) is 16.7 Å². The molecule has 0 saturated carbocycles. The first-order valence-electron chi connectivity index (χ1n) is 7.89. The number of aliphatic hydroxyl groups excluding tert-OH is 1. The molecule has 1 aromatic carbocycles. The molecule has 0 aliphatic carbocycles. The molecule has 124 valence electrons. The zero-order valence-electron chi connectivity index (χ0n) is 13.6. The normalized spacial score (nSPS) is 20.0. The number of carbonyl (C=O) groups excluding carboxylic acids is 1. The van der Waals surface area contributed by atoms with Crippen LogP contribution in [0, 0.1) is 11.3 Å². The summed E-state index contributed by atoms with van der Waals surface area (Å²) in [6, 6.07) is 6.95. The van der Waals surface area contributed by atoms with E-state index < -0.39 is 6.04 Å². The van der Waals surface area contributed by atoms with Crippen molar-refractivity contribution < 1.29 is 9.90 Å². The van der Waals surface area contributed by atoms with Crippen molar-refractivity contribution in [3.8, 4) is 0 Å². The number of nitrogens with zero attached hydrogens (tertiary/aromatic N) is 1. The minimum Gasteiger partial charge on any atom is -0.505 e. The SMILES string of the molecule is CC(C)CC1=NC(=N)C(=C(O)c2c[nH]c3ccccc23)NC1C=O. The Labute approximate surface area is 139 Å². The molecule has 0 bridgehead atoms. The van der Waals surface area contributed by atoms with Crippen molar-refractivity contribution in [2.75, 3.05) is 0 Å². The fourth-order valence-corrected chi connectivity index (χ4v) is 2.86. The quantitative estimate of drug-likeness (QED) is 0.513. The summed E-state index contributed by atoms with van der Waals surface area (Å²) < 4.78 is 0. The molecule has 0 amide bonds. The van der Waals surface area contributed by atoms with Gasteiger partial charge in [-0.2, -0.15) is 0 Å². The van der Waals surface area contributed by atoms with Gasteiger partial charge in [0.05, 0.1) is 5.71 Å². The summed E-state index contributed by atoms with van der Waals surface area (Å²) in [7, 11) is 0. The molecule has 0 fully saturated rings. The average molecular weight is 324 g/mol. The van der Waals surface area contributed by atoms with Crippen LogP contribution in [0.4, 0.5) is 0 Å². The number of para-hydroxylation sites is 1. The van der Waals surface area contributed by atoms with Gasteiger partial charge in [-0.1, -0.05) is 32.0 Å². The molecule has 3 rings (SSSR count). The van der Waals surface area contributed by atoms with Gasteiger partial charge in [0.25, 0.3) is 0 Å². The first-order chi connectivity index (χ1) is 11.5. The smallest absolute Gasteiger partial charge is 0.172 e. The number of aliphatic imine (C=N–C) groups is 1. The summed E-state index contributed by atoms with van der Waals surface area (Å²) in [5, 5.41) is 22.6. The topological polar surface area (TPSA) is 101 Å². The molecule has 2 aromatic rings. The molecule has 1 atom stereocenters. The Morgan fingerprint density at radius 3 is 2.88 bits per heavy atom. The molecule has 1 aromatic heterocycles. The van der Waals surface area contributed by atoms with E-state index in [-0.39, 0.29) is 17.3 Å². The number of benzene rings is 1. The number of fused-ring (bicyclic) bond motifs is 1. The van der Waals surface area contributed by atoms with Crippen LogP contribution in [-0.4, -0.2) is 34.0 Å². The Morgan fingerprint density at radius 2 is 2.17 bits per heavy atom. The van der Waals surface area contributed by atoms with Gasteiger partial charge in [0.15, 0.2) is 11.6 Å². The van der Waals surface area contributed by atoms with Crippen molar-refractivity contribution in [1.29, 1.82) is 5.41 Å². The van der Waals surface area contributed by atoms with E-state index in [0.29, 0.717) is 23.6 Å². The maximum atomic E-state index is 11.4. The van der Waals surface area contributed by atoms with Crippen molar-refractivity contribution >= 4 is 34.5 Å². The highest BCUT2D eigenvalue weighted by molar-refractivity contribution is 6.16. The summed E-state index contributed by atoms with van der Waals surface area (Å²) in [6.07, 6.45) is 3.07. The predicted molar refractivity (Wildman–Crippen MR) is 95.5 cm³/mol. The second-order valence-electron chi connectivity index (χ2n) is 6.28. The maximum absolute atomic E-state index is 11.4. The van der Waals surface area contributed by atoms with Gasteiger partial charge in [-0.25, -0.2) is 4.99 Å². The van der Waals surface area contributed by atoms with E-state index in [4.69, 9.17) is 5.41 Å². The van der Waals surface area contributed by atoms with Crippen LogP contribution in [0.2, 0.25) is 0 Å². The standard InChI is InChI=1S/C18H20N4O2/c1-10(2)7-14-15(9-23)21-16(18(19)22-14)17(24)12-8-20-13-6-4-3-5-11(12)13/h3-6,8-10,15,19-21,24H,7H2,1-2H3. The third-order valence-corrected chi connectivity index (χ3v) is 3.99. The lowest BCUT2D eigenvalue weighted by Crippen LogP contribution is -2.44. The molecular weight excluding hydrogens is 304 g/mol. The fourth-order valence-electron chi connectivity index (χ4n) is 2.86. The van der Waals surface area contributed by atoms with Crippen molar-refractivity contribution in [2.24, 2.45) is 10.9 Å². The van der Waals surface area contributed by atoms with Crippen molar-refractivity contribution in [1.82, 2.24) is 10.3 Å². The molecule has 1 unspecified atom stereocenters. The number of aldehydes is 1.